The van der Waals surface area contributed by atoms with Gasteiger partial charge in [-0.2, -0.15) is 0 Å². The maximum Gasteiger partial charge on any atom is 0.264 e. The summed E-state index contributed by atoms with van der Waals surface area (Å²) in [5, 5.41) is 11.6. The van der Waals surface area contributed by atoms with Crippen molar-refractivity contribution in [1.82, 2.24) is 9.88 Å². The summed E-state index contributed by atoms with van der Waals surface area (Å²) in [7, 11) is 3.10. The van der Waals surface area contributed by atoms with Gasteiger partial charge in [-0.1, -0.05) is 58.4 Å². The van der Waals surface area contributed by atoms with Gasteiger partial charge in [-0.25, -0.2) is 0 Å². The Hall–Kier alpha value is -2.96. The van der Waals surface area contributed by atoms with Crippen LogP contribution < -0.4 is 15.0 Å². The predicted molar refractivity (Wildman–Crippen MR) is 148 cm³/mol. The van der Waals surface area contributed by atoms with Crippen LogP contribution in [0.2, 0.25) is 0 Å². The van der Waals surface area contributed by atoms with E-state index in [0.717, 1.165) is 38.0 Å². The lowest BCUT2D eigenvalue weighted by Crippen LogP contribution is -2.37. The minimum Gasteiger partial charge on any atom is -0.506 e. The maximum atomic E-state index is 13.8. The number of nitrogens with one attached hydrogen (secondary N) is 1. The van der Waals surface area contributed by atoms with Crippen molar-refractivity contribution >= 4 is 5.91 Å². The lowest BCUT2D eigenvalue weighted by Gasteiger charge is -2.26. The van der Waals surface area contributed by atoms with Crippen LogP contribution in [0.15, 0.2) is 23.0 Å². The molecule has 0 bridgehead atoms. The molecule has 1 aliphatic rings. The number of aromatic amines is 1. The molecule has 7 nitrogen and oxygen atoms in total. The van der Waals surface area contributed by atoms with Crippen molar-refractivity contribution in [2.24, 2.45) is 5.92 Å². The number of hydrogen-bond donors (Lipinski definition) is 2. The molecule has 2 aromatic rings. The number of H-pyrrole nitrogens is 1. The Morgan fingerprint density at radius 2 is 1.68 bits per heavy atom. The second-order valence-electron chi connectivity index (χ2n) is 10.1. The second-order valence-corrected chi connectivity index (χ2v) is 10.1. The molecule has 2 N–H and O–H groups in total. The molecule has 1 aromatic carbocycles. The fourth-order valence-electron chi connectivity index (χ4n) is 5.53. The summed E-state index contributed by atoms with van der Waals surface area (Å²) in [6.45, 7) is 5.19. The van der Waals surface area contributed by atoms with Gasteiger partial charge in [0.25, 0.3) is 11.5 Å². The van der Waals surface area contributed by atoms with Crippen molar-refractivity contribution in [2.45, 2.75) is 84.5 Å². The summed E-state index contributed by atoms with van der Waals surface area (Å²) in [5.74, 6) is 0.982. The number of rotatable bonds is 13. The van der Waals surface area contributed by atoms with Crippen molar-refractivity contribution in [1.29, 1.82) is 0 Å². The summed E-state index contributed by atoms with van der Waals surface area (Å²) in [6, 6.07) is 5.36. The van der Waals surface area contributed by atoms with Crippen molar-refractivity contribution in [3.8, 4) is 28.4 Å². The third kappa shape index (κ3) is 6.88. The van der Waals surface area contributed by atoms with Crippen molar-refractivity contribution in [3.05, 3.63) is 39.8 Å². The Kier molecular flexibility index (Phi) is 10.9. The molecule has 1 aliphatic carbocycles. The van der Waals surface area contributed by atoms with Crippen LogP contribution in [0.4, 0.5) is 0 Å². The van der Waals surface area contributed by atoms with Crippen LogP contribution in [0.5, 0.6) is 17.2 Å². The molecule has 1 aromatic heterocycles. The van der Waals surface area contributed by atoms with Gasteiger partial charge in [0, 0.05) is 18.8 Å². The van der Waals surface area contributed by atoms with Crippen LogP contribution in [-0.4, -0.2) is 48.2 Å². The standard InChI is InChI=1S/C30H44N2O5/c1-5-7-16-22-25(26-23(36-3)17-11-18-24(26)37-4)28(33)27(29(34)31-22)30(35)32(19-6-2)20-12-15-21-13-9-8-10-14-21/h11,17-18,21H,5-10,12-16,19-20H2,1-4H3,(H2,31,33,34). The minimum atomic E-state index is -0.556. The molecule has 0 unspecified atom stereocenters. The van der Waals surface area contributed by atoms with E-state index in [1.165, 1.54) is 32.1 Å². The van der Waals surface area contributed by atoms with Crippen LogP contribution in [0.1, 0.15) is 94.1 Å². The second kappa shape index (κ2) is 14.1. The molecule has 3 rings (SSSR count). The first-order valence-corrected chi connectivity index (χ1v) is 13.9. The molecule has 0 spiro atoms. The number of pyridine rings is 1. The number of methoxy groups -OCH3 is 2. The predicted octanol–water partition coefficient (Wildman–Crippen LogP) is 6.32. The highest BCUT2D eigenvalue weighted by molar-refractivity contribution is 6.00. The molecule has 1 heterocycles. The third-order valence-corrected chi connectivity index (χ3v) is 7.48. The van der Waals surface area contributed by atoms with Crippen LogP contribution in [0.25, 0.3) is 11.1 Å². The van der Waals surface area contributed by atoms with E-state index in [-0.39, 0.29) is 11.3 Å². The number of benzene rings is 1. The van der Waals surface area contributed by atoms with Crippen LogP contribution in [0.3, 0.4) is 0 Å². The van der Waals surface area contributed by atoms with E-state index in [1.807, 2.05) is 6.92 Å². The van der Waals surface area contributed by atoms with Gasteiger partial charge in [0.2, 0.25) is 0 Å². The molecule has 1 fully saturated rings. The zero-order valence-corrected chi connectivity index (χ0v) is 23.0. The van der Waals surface area contributed by atoms with E-state index in [0.29, 0.717) is 47.8 Å². The van der Waals surface area contributed by atoms with Crippen molar-refractivity contribution in [2.75, 3.05) is 27.3 Å². The Morgan fingerprint density at radius 3 is 2.27 bits per heavy atom. The van der Waals surface area contributed by atoms with Gasteiger partial charge >= 0.3 is 0 Å². The number of amides is 1. The number of nitrogens with zero attached hydrogens (tertiary/aromatic N) is 1. The monoisotopic (exact) mass is 512 g/mol. The molecule has 1 saturated carbocycles. The molecular formula is C30H44N2O5. The largest absolute Gasteiger partial charge is 0.506 e. The van der Waals surface area contributed by atoms with Crippen LogP contribution >= 0.6 is 0 Å². The topological polar surface area (TPSA) is 91.9 Å². The SMILES string of the molecule is CCCCc1[nH]c(=O)c(C(=O)N(CCC)CCCC2CCCCC2)c(O)c1-c1c(OC)cccc1OC. The average molecular weight is 513 g/mol. The summed E-state index contributed by atoms with van der Waals surface area (Å²) in [6.07, 6.45) is 11.5. The lowest BCUT2D eigenvalue weighted by molar-refractivity contribution is 0.0744. The third-order valence-electron chi connectivity index (χ3n) is 7.48. The van der Waals surface area contributed by atoms with Gasteiger partial charge in [-0.15, -0.1) is 0 Å². The Balaban J connectivity index is 2.03. The van der Waals surface area contributed by atoms with Crippen molar-refractivity contribution in [3.63, 3.8) is 0 Å². The highest BCUT2D eigenvalue weighted by Gasteiger charge is 2.29. The fourth-order valence-corrected chi connectivity index (χ4v) is 5.53. The van der Waals surface area contributed by atoms with Crippen LogP contribution in [0, 0.1) is 5.92 Å². The smallest absolute Gasteiger partial charge is 0.264 e. The molecule has 0 radical (unpaired) electrons. The highest BCUT2D eigenvalue weighted by Crippen LogP contribution is 2.44. The number of carbonyl (C=O) groups excluding carboxylic acids is 1. The van der Waals surface area contributed by atoms with E-state index in [4.69, 9.17) is 9.47 Å². The first kappa shape index (κ1) is 28.6. The number of aromatic nitrogens is 1. The molecule has 204 valence electrons. The number of hydrogen-bond acceptors (Lipinski definition) is 5. The number of unbranched alkanes of at least 4 members (excludes halogenated alkanes) is 1. The zero-order chi connectivity index (χ0) is 26.8. The summed E-state index contributed by atoms with van der Waals surface area (Å²) < 4.78 is 11.2. The summed E-state index contributed by atoms with van der Waals surface area (Å²) in [5.41, 5.74) is 0.724. The van der Waals surface area contributed by atoms with Gasteiger partial charge in [0.15, 0.2) is 0 Å². The van der Waals surface area contributed by atoms with E-state index < -0.39 is 11.5 Å². The molecule has 0 saturated heterocycles. The fraction of sp³-hybridized carbons (Fsp3) is 0.600. The number of carbonyl (C=O) groups is 1. The van der Waals surface area contributed by atoms with Gasteiger partial charge in [-0.05, 0) is 50.2 Å². The average Bonchev–Trinajstić information content (AvgIpc) is 2.91. The molecule has 1 amide bonds. The van der Waals surface area contributed by atoms with E-state index in [9.17, 15) is 14.7 Å². The lowest BCUT2D eigenvalue weighted by atomic mass is 9.86. The van der Waals surface area contributed by atoms with Crippen molar-refractivity contribution < 1.29 is 19.4 Å². The molecule has 37 heavy (non-hydrogen) atoms. The number of aryl methyl sites for hydroxylation is 1. The normalized spacial score (nSPS) is 13.9. The Bertz CT molecular complexity index is 1070. The van der Waals surface area contributed by atoms with Crippen LogP contribution in [-0.2, 0) is 6.42 Å². The molecular weight excluding hydrogens is 468 g/mol. The number of aromatic hydroxyl groups is 1. The summed E-state index contributed by atoms with van der Waals surface area (Å²) >= 11 is 0. The van der Waals surface area contributed by atoms with E-state index in [1.54, 1.807) is 37.3 Å². The Morgan fingerprint density at radius 1 is 1.00 bits per heavy atom. The van der Waals surface area contributed by atoms with E-state index >= 15 is 0 Å². The zero-order valence-electron chi connectivity index (χ0n) is 23.0. The quantitative estimate of drug-likeness (QED) is 0.328. The van der Waals surface area contributed by atoms with Gasteiger partial charge < -0.3 is 24.5 Å². The minimum absolute atomic E-state index is 0.214. The molecule has 0 atom stereocenters. The van der Waals surface area contributed by atoms with Gasteiger partial charge in [-0.3, -0.25) is 9.59 Å². The first-order valence-electron chi connectivity index (χ1n) is 13.9. The summed E-state index contributed by atoms with van der Waals surface area (Å²) in [4.78, 5) is 31.7. The van der Waals surface area contributed by atoms with Gasteiger partial charge in [0.05, 0.1) is 25.3 Å². The Labute approximate surface area is 221 Å². The van der Waals surface area contributed by atoms with Gasteiger partial charge in [0.1, 0.15) is 22.8 Å². The number of ether oxygens (including phenoxy) is 2. The first-order chi connectivity index (χ1) is 18.0. The molecule has 0 aliphatic heterocycles. The van der Waals surface area contributed by atoms with E-state index in [2.05, 4.69) is 11.9 Å². The molecule has 7 heteroatoms. The maximum absolute atomic E-state index is 13.8. The highest BCUT2D eigenvalue weighted by atomic mass is 16.5.